The third-order valence-electron chi connectivity index (χ3n) is 7.53. The molecule has 166 valence electrons. The minimum Gasteiger partial charge on any atom is -0.0654 e. The molecule has 3 rings (SSSR count). The predicted octanol–water partition coefficient (Wildman–Crippen LogP) is 9.99. The molecule has 0 aliphatic heterocycles. The van der Waals surface area contributed by atoms with Gasteiger partial charge >= 0.3 is 0 Å². The number of hydrogen-bond acceptors (Lipinski definition) is 0. The van der Waals surface area contributed by atoms with E-state index in [1.54, 1.807) is 5.56 Å². The molecule has 0 amide bonds. The molecule has 0 bridgehead atoms. The Bertz CT molecular complexity index is 720. The van der Waals surface area contributed by atoms with Crippen molar-refractivity contribution in [1.29, 1.82) is 0 Å². The Morgan fingerprint density at radius 2 is 1.27 bits per heavy atom. The van der Waals surface area contributed by atoms with E-state index in [0.29, 0.717) is 0 Å². The Labute approximate surface area is 186 Å². The van der Waals surface area contributed by atoms with Crippen molar-refractivity contribution in [2.45, 2.75) is 122 Å². The van der Waals surface area contributed by atoms with E-state index in [1.807, 2.05) is 0 Å². The highest BCUT2D eigenvalue weighted by atomic mass is 14.3. The molecule has 30 heavy (non-hydrogen) atoms. The summed E-state index contributed by atoms with van der Waals surface area (Å²) in [6.45, 7) is 4.60. The van der Waals surface area contributed by atoms with Crippen LogP contribution in [0.15, 0.2) is 36.4 Å². The Morgan fingerprint density at radius 3 is 2.00 bits per heavy atom. The van der Waals surface area contributed by atoms with Crippen LogP contribution in [0.2, 0.25) is 0 Å². The second-order valence-corrected chi connectivity index (χ2v) is 10.0. The molecule has 0 heterocycles. The summed E-state index contributed by atoms with van der Waals surface area (Å²) in [4.78, 5) is 0. The lowest BCUT2D eigenvalue weighted by atomic mass is 9.76. The Hall–Kier alpha value is -1.30. The minimum atomic E-state index is 0.795. The van der Waals surface area contributed by atoms with Crippen LogP contribution in [-0.2, 0) is 6.42 Å². The van der Waals surface area contributed by atoms with E-state index >= 15 is 0 Å². The summed E-state index contributed by atoms with van der Waals surface area (Å²) in [5, 5.41) is 2.88. The number of hydrogen-bond donors (Lipinski definition) is 0. The first-order valence-electron chi connectivity index (χ1n) is 13.3. The molecule has 1 saturated carbocycles. The van der Waals surface area contributed by atoms with Crippen LogP contribution in [0.25, 0.3) is 10.8 Å². The van der Waals surface area contributed by atoms with Gasteiger partial charge in [0.05, 0.1) is 0 Å². The van der Waals surface area contributed by atoms with Crippen LogP contribution in [-0.4, -0.2) is 0 Å². The summed E-state index contributed by atoms with van der Waals surface area (Å²) in [7, 11) is 0. The van der Waals surface area contributed by atoms with E-state index < -0.39 is 0 Å². The summed E-state index contributed by atoms with van der Waals surface area (Å²) in [5.41, 5.74) is 3.11. The molecule has 0 saturated heterocycles. The van der Waals surface area contributed by atoms with Gasteiger partial charge in [-0.15, -0.1) is 0 Å². The normalized spacial score (nSPS) is 19.4. The zero-order valence-electron chi connectivity index (χ0n) is 19.9. The average Bonchev–Trinajstić information content (AvgIpc) is 2.79. The molecule has 0 heteroatoms. The fraction of sp³-hybridized carbons (Fsp3) is 0.667. The average molecular weight is 407 g/mol. The topological polar surface area (TPSA) is 0 Å². The van der Waals surface area contributed by atoms with Gasteiger partial charge in [0, 0.05) is 0 Å². The van der Waals surface area contributed by atoms with Crippen LogP contribution in [0.4, 0.5) is 0 Å². The summed E-state index contributed by atoms with van der Waals surface area (Å²) >= 11 is 0. The summed E-state index contributed by atoms with van der Waals surface area (Å²) < 4.78 is 0. The van der Waals surface area contributed by atoms with Crippen molar-refractivity contribution in [2.75, 3.05) is 0 Å². The molecular weight excluding hydrogens is 360 g/mol. The molecule has 1 aliphatic carbocycles. The van der Waals surface area contributed by atoms with Crippen molar-refractivity contribution in [3.63, 3.8) is 0 Å². The smallest absolute Gasteiger partial charge is 0.0162 e. The summed E-state index contributed by atoms with van der Waals surface area (Å²) in [6, 6.07) is 14.5. The van der Waals surface area contributed by atoms with Gasteiger partial charge in [0.15, 0.2) is 0 Å². The Kier molecular flexibility index (Phi) is 10.3. The van der Waals surface area contributed by atoms with Gasteiger partial charge in [-0.05, 0) is 72.3 Å². The second kappa shape index (κ2) is 13.2. The number of unbranched alkanes of at least 4 members (excludes halogenated alkanes) is 8. The maximum atomic E-state index is 2.50. The zero-order chi connectivity index (χ0) is 21.0. The molecule has 2 aromatic carbocycles. The van der Waals surface area contributed by atoms with E-state index in [2.05, 4.69) is 50.2 Å². The van der Waals surface area contributed by atoms with Gasteiger partial charge in [0.1, 0.15) is 0 Å². The van der Waals surface area contributed by atoms with Crippen LogP contribution in [0.3, 0.4) is 0 Å². The van der Waals surface area contributed by atoms with Gasteiger partial charge in [-0.25, -0.2) is 0 Å². The van der Waals surface area contributed by atoms with Gasteiger partial charge in [0.25, 0.3) is 0 Å². The first-order valence-corrected chi connectivity index (χ1v) is 13.3. The molecule has 0 spiro atoms. The van der Waals surface area contributed by atoms with Gasteiger partial charge < -0.3 is 0 Å². The Morgan fingerprint density at radius 1 is 0.633 bits per heavy atom. The van der Waals surface area contributed by atoms with E-state index in [4.69, 9.17) is 0 Å². The highest BCUT2D eigenvalue weighted by molar-refractivity contribution is 5.84. The second-order valence-electron chi connectivity index (χ2n) is 10.0. The number of fused-ring (bicyclic) bond motifs is 1. The standard InChI is InChI=1S/C30H46/c1-3-5-7-9-11-13-25-15-18-27(19-16-25)29-22-21-28-23-26(17-20-30(28)24-29)14-12-10-8-6-4-2/h17,20-25,27H,3-16,18-19H2,1-2H3. The fourth-order valence-electron chi connectivity index (χ4n) is 5.48. The van der Waals surface area contributed by atoms with Crippen LogP contribution in [0.5, 0.6) is 0 Å². The van der Waals surface area contributed by atoms with Crippen molar-refractivity contribution in [3.05, 3.63) is 47.5 Å². The van der Waals surface area contributed by atoms with Crippen molar-refractivity contribution >= 4 is 10.8 Å². The molecule has 1 aliphatic rings. The quantitative estimate of drug-likeness (QED) is 0.290. The molecule has 0 aromatic heterocycles. The van der Waals surface area contributed by atoms with E-state index in [0.717, 1.165) is 11.8 Å². The van der Waals surface area contributed by atoms with Crippen molar-refractivity contribution in [1.82, 2.24) is 0 Å². The van der Waals surface area contributed by atoms with Crippen molar-refractivity contribution < 1.29 is 0 Å². The highest BCUT2D eigenvalue weighted by Crippen LogP contribution is 2.38. The highest BCUT2D eigenvalue weighted by Gasteiger charge is 2.22. The third kappa shape index (κ3) is 7.44. The SMILES string of the molecule is CCCCCCCc1ccc2cc(C3CCC(CCCCCCC)CC3)ccc2c1. The summed E-state index contributed by atoms with van der Waals surface area (Å²) in [5.74, 6) is 1.80. The van der Waals surface area contributed by atoms with Gasteiger partial charge in [0.2, 0.25) is 0 Å². The van der Waals surface area contributed by atoms with Gasteiger partial charge in [-0.2, -0.15) is 0 Å². The molecule has 0 radical (unpaired) electrons. The number of benzene rings is 2. The molecule has 0 N–H and O–H groups in total. The van der Waals surface area contributed by atoms with Crippen LogP contribution in [0.1, 0.15) is 127 Å². The monoisotopic (exact) mass is 406 g/mol. The van der Waals surface area contributed by atoms with Crippen molar-refractivity contribution in [2.24, 2.45) is 5.92 Å². The van der Waals surface area contributed by atoms with Crippen molar-refractivity contribution in [3.8, 4) is 0 Å². The van der Waals surface area contributed by atoms with Crippen LogP contribution >= 0.6 is 0 Å². The zero-order valence-corrected chi connectivity index (χ0v) is 19.9. The van der Waals surface area contributed by atoms with Crippen LogP contribution in [0, 0.1) is 5.92 Å². The molecule has 0 unspecified atom stereocenters. The first-order chi connectivity index (χ1) is 14.8. The molecule has 0 atom stereocenters. The molecule has 0 nitrogen and oxygen atoms in total. The largest absolute Gasteiger partial charge is 0.0654 e. The Balaban J connectivity index is 1.46. The lowest BCUT2D eigenvalue weighted by Gasteiger charge is -2.29. The lowest BCUT2D eigenvalue weighted by Crippen LogP contribution is -2.13. The number of rotatable bonds is 13. The summed E-state index contributed by atoms with van der Waals surface area (Å²) in [6.07, 6.45) is 22.4. The minimum absolute atomic E-state index is 0.795. The first kappa shape index (κ1) is 23.4. The molecule has 2 aromatic rings. The van der Waals surface area contributed by atoms with E-state index in [1.165, 1.54) is 119 Å². The maximum absolute atomic E-state index is 2.50. The maximum Gasteiger partial charge on any atom is -0.0162 e. The predicted molar refractivity (Wildman–Crippen MR) is 134 cm³/mol. The molecular formula is C30H46. The van der Waals surface area contributed by atoms with Gasteiger partial charge in [-0.3, -0.25) is 0 Å². The molecule has 1 fully saturated rings. The van der Waals surface area contributed by atoms with Gasteiger partial charge in [-0.1, -0.05) is 114 Å². The lowest BCUT2D eigenvalue weighted by molar-refractivity contribution is 0.302. The third-order valence-corrected chi connectivity index (χ3v) is 7.53. The van der Waals surface area contributed by atoms with E-state index in [9.17, 15) is 0 Å². The van der Waals surface area contributed by atoms with Crippen LogP contribution < -0.4 is 0 Å². The fourth-order valence-corrected chi connectivity index (χ4v) is 5.48. The number of aryl methyl sites for hydroxylation is 1. The van der Waals surface area contributed by atoms with E-state index in [-0.39, 0.29) is 0 Å².